The van der Waals surface area contributed by atoms with Crippen molar-refractivity contribution in [2.24, 2.45) is 10.8 Å². The van der Waals surface area contributed by atoms with E-state index in [0.717, 1.165) is 79.2 Å². The van der Waals surface area contributed by atoms with Crippen LogP contribution in [-0.4, -0.2) is 16.0 Å². The van der Waals surface area contributed by atoms with E-state index in [1.54, 1.807) is 0 Å². The van der Waals surface area contributed by atoms with Crippen molar-refractivity contribution in [2.45, 2.75) is 197 Å². The molecule has 0 amide bonds. The lowest BCUT2D eigenvalue weighted by molar-refractivity contribution is -0.127. The Morgan fingerprint density at radius 2 is 0.880 bits per heavy atom. The molecule has 282 valence electrons. The highest BCUT2D eigenvalue weighted by Crippen LogP contribution is 2.42. The number of ketones is 1. The minimum atomic E-state index is -0.339. The van der Waals surface area contributed by atoms with Crippen molar-refractivity contribution < 1.29 is 15.0 Å². The lowest BCUT2D eigenvalue weighted by atomic mass is 9.76. The normalized spacial score (nSPS) is 13.5. The number of hydrogen-bond donors (Lipinski definition) is 2. The average molecular weight is 689 g/mol. The van der Waals surface area contributed by atoms with Crippen LogP contribution in [0.5, 0.6) is 11.5 Å². The number of carbonyl (C=O) groups excluding carboxylic acids is 1. The first-order chi connectivity index (χ1) is 22.5. The quantitative estimate of drug-likeness (QED) is 0.145. The van der Waals surface area contributed by atoms with Gasteiger partial charge in [-0.2, -0.15) is 0 Å². The topological polar surface area (TPSA) is 57.5 Å². The molecule has 0 atom stereocenters. The number of aromatic hydroxyl groups is 2. The van der Waals surface area contributed by atoms with Crippen LogP contribution < -0.4 is 0 Å². The van der Waals surface area contributed by atoms with Gasteiger partial charge in [0, 0.05) is 11.8 Å². The molecule has 2 aromatic rings. The summed E-state index contributed by atoms with van der Waals surface area (Å²) in [7, 11) is 0. The summed E-state index contributed by atoms with van der Waals surface area (Å²) in [6.45, 7) is 39.3. The monoisotopic (exact) mass is 689 g/mol. The maximum atomic E-state index is 13.5. The summed E-state index contributed by atoms with van der Waals surface area (Å²) in [6, 6.07) is 8.63. The first-order valence-electron chi connectivity index (χ1n) is 19.4. The second kappa shape index (κ2) is 16.0. The summed E-state index contributed by atoms with van der Waals surface area (Å²) in [5.74, 6) is 1.17. The van der Waals surface area contributed by atoms with Crippen LogP contribution in [0.2, 0.25) is 0 Å². The van der Waals surface area contributed by atoms with E-state index >= 15 is 0 Å². The van der Waals surface area contributed by atoms with Gasteiger partial charge in [-0.05, 0) is 99.0 Å². The predicted molar refractivity (Wildman–Crippen MR) is 217 cm³/mol. The Balaban J connectivity index is 1.90. The highest BCUT2D eigenvalue weighted by atomic mass is 16.3. The van der Waals surface area contributed by atoms with Crippen LogP contribution in [0.1, 0.15) is 196 Å². The molecule has 0 aliphatic carbocycles. The van der Waals surface area contributed by atoms with E-state index in [2.05, 4.69) is 142 Å². The van der Waals surface area contributed by atoms with Crippen molar-refractivity contribution in [1.29, 1.82) is 0 Å². The zero-order valence-corrected chi connectivity index (χ0v) is 35.4. The van der Waals surface area contributed by atoms with E-state index in [4.69, 9.17) is 0 Å². The summed E-state index contributed by atoms with van der Waals surface area (Å²) in [5.41, 5.74) is 6.93. The number of phenolic OH excluding ortho intramolecular Hbond substituents is 2. The van der Waals surface area contributed by atoms with E-state index < -0.39 is 0 Å². The fourth-order valence-electron chi connectivity index (χ4n) is 7.22. The van der Waals surface area contributed by atoms with Crippen molar-refractivity contribution in [3.8, 4) is 11.5 Å². The van der Waals surface area contributed by atoms with Gasteiger partial charge in [0.1, 0.15) is 17.3 Å². The second-order valence-corrected chi connectivity index (χ2v) is 21.0. The molecule has 0 heterocycles. The van der Waals surface area contributed by atoms with Crippen LogP contribution in [0.3, 0.4) is 0 Å². The van der Waals surface area contributed by atoms with E-state index in [-0.39, 0.29) is 32.5 Å². The van der Waals surface area contributed by atoms with Crippen molar-refractivity contribution in [1.82, 2.24) is 0 Å². The molecule has 0 fully saturated rings. The third-order valence-corrected chi connectivity index (χ3v) is 10.6. The number of benzene rings is 2. The Labute approximate surface area is 308 Å². The first-order valence-corrected chi connectivity index (χ1v) is 19.4. The van der Waals surface area contributed by atoms with Crippen molar-refractivity contribution in [2.75, 3.05) is 0 Å². The van der Waals surface area contributed by atoms with Gasteiger partial charge >= 0.3 is 0 Å². The molecule has 2 aromatic carbocycles. The molecule has 0 aliphatic rings. The molecular weight excluding hydrogens is 613 g/mol. The maximum Gasteiger partial charge on any atom is 0.138 e. The van der Waals surface area contributed by atoms with Crippen LogP contribution in [-0.2, 0) is 39.3 Å². The summed E-state index contributed by atoms with van der Waals surface area (Å²) in [6.07, 6.45) is 9.54. The SMILES string of the molecule is C=C(CCc1cc(C(C)(C)C)c(O)c(C(C)(C)C)c1)CC(C)(C)CCCCCC(C)(C)C(=O)CCc1cc(C(C)(C)C)c(O)c(C(C)(C)C)c1. The molecule has 3 heteroatoms. The standard InChI is InChI=1S/C47H76O3/c1-32(21-22-33-27-35(42(2,3)4)40(49)36(28-33)43(5,6)7)31-46(14,15)25-19-18-20-26-47(16,17)39(48)24-23-34-29-37(44(8,9)10)41(50)38(30-34)45(11,12)13/h27-30,49-50H,1,18-26,31H2,2-17H3. The number of unbranched alkanes of at least 4 members (excludes halogenated alkanes) is 2. The lowest BCUT2D eigenvalue weighted by Gasteiger charge is -2.29. The molecule has 2 rings (SSSR count). The van der Waals surface area contributed by atoms with Gasteiger partial charge in [0.15, 0.2) is 0 Å². The van der Waals surface area contributed by atoms with Gasteiger partial charge in [-0.25, -0.2) is 0 Å². The average Bonchev–Trinajstić information content (AvgIpc) is 2.92. The van der Waals surface area contributed by atoms with Gasteiger partial charge in [-0.1, -0.05) is 166 Å². The minimum absolute atomic E-state index is 0.123. The largest absolute Gasteiger partial charge is 0.507 e. The van der Waals surface area contributed by atoms with Crippen molar-refractivity contribution in [3.63, 3.8) is 0 Å². The predicted octanol–water partition coefficient (Wildman–Crippen LogP) is 13.4. The highest BCUT2D eigenvalue weighted by molar-refractivity contribution is 5.84. The number of hydrogen-bond acceptors (Lipinski definition) is 3. The second-order valence-electron chi connectivity index (χ2n) is 21.0. The summed E-state index contributed by atoms with van der Waals surface area (Å²) in [4.78, 5) is 13.5. The zero-order valence-electron chi connectivity index (χ0n) is 35.4. The summed E-state index contributed by atoms with van der Waals surface area (Å²) < 4.78 is 0. The molecular formula is C47H76O3. The molecule has 2 N–H and O–H groups in total. The Kier molecular flexibility index (Phi) is 14.0. The number of Topliss-reactive ketones (excluding diaryl/α,β-unsaturated/α-hetero) is 1. The molecule has 0 unspecified atom stereocenters. The minimum Gasteiger partial charge on any atom is -0.507 e. The molecule has 0 saturated carbocycles. The highest BCUT2D eigenvalue weighted by Gasteiger charge is 2.30. The van der Waals surface area contributed by atoms with Gasteiger partial charge in [0.25, 0.3) is 0 Å². The molecule has 0 aromatic heterocycles. The number of rotatable bonds is 15. The maximum absolute atomic E-state index is 13.5. The Morgan fingerprint density at radius 1 is 0.540 bits per heavy atom. The fourth-order valence-corrected chi connectivity index (χ4v) is 7.22. The molecule has 3 nitrogen and oxygen atoms in total. The van der Waals surface area contributed by atoms with Gasteiger partial charge < -0.3 is 10.2 Å². The van der Waals surface area contributed by atoms with Crippen molar-refractivity contribution in [3.05, 3.63) is 69.8 Å². The molecule has 0 bridgehead atoms. The van der Waals surface area contributed by atoms with Crippen LogP contribution in [0, 0.1) is 10.8 Å². The van der Waals surface area contributed by atoms with Crippen LogP contribution in [0.4, 0.5) is 0 Å². The number of carbonyl (C=O) groups is 1. The van der Waals surface area contributed by atoms with Crippen LogP contribution in [0.15, 0.2) is 36.4 Å². The van der Waals surface area contributed by atoms with Gasteiger partial charge in [-0.3, -0.25) is 4.79 Å². The molecule has 0 saturated heterocycles. The molecule has 0 radical (unpaired) electrons. The Hall–Kier alpha value is -2.55. The van der Waals surface area contributed by atoms with E-state index in [0.29, 0.717) is 30.1 Å². The smallest absolute Gasteiger partial charge is 0.138 e. The third kappa shape index (κ3) is 12.6. The number of allylic oxidation sites excluding steroid dienone is 1. The van der Waals surface area contributed by atoms with Crippen LogP contribution in [0.25, 0.3) is 0 Å². The molecule has 50 heavy (non-hydrogen) atoms. The lowest BCUT2D eigenvalue weighted by Crippen LogP contribution is -2.25. The number of phenols is 2. The van der Waals surface area contributed by atoms with E-state index in [9.17, 15) is 15.0 Å². The summed E-state index contributed by atoms with van der Waals surface area (Å²) >= 11 is 0. The Bertz CT molecular complexity index is 1400. The first kappa shape index (κ1) is 43.6. The zero-order chi connectivity index (χ0) is 38.7. The van der Waals surface area contributed by atoms with E-state index in [1.165, 1.54) is 11.1 Å². The van der Waals surface area contributed by atoms with Crippen molar-refractivity contribution >= 4 is 5.78 Å². The van der Waals surface area contributed by atoms with E-state index in [1.807, 2.05) is 0 Å². The molecule has 0 aliphatic heterocycles. The number of aryl methyl sites for hydroxylation is 2. The third-order valence-electron chi connectivity index (χ3n) is 10.6. The summed E-state index contributed by atoms with van der Waals surface area (Å²) in [5, 5.41) is 22.2. The van der Waals surface area contributed by atoms with Gasteiger partial charge in [0.2, 0.25) is 0 Å². The van der Waals surface area contributed by atoms with Gasteiger partial charge in [-0.15, -0.1) is 0 Å². The molecule has 0 spiro atoms. The Morgan fingerprint density at radius 3 is 1.24 bits per heavy atom. The van der Waals surface area contributed by atoms with Crippen LogP contribution >= 0.6 is 0 Å². The van der Waals surface area contributed by atoms with Gasteiger partial charge in [0.05, 0.1) is 0 Å². The fraction of sp³-hybridized carbons (Fsp3) is 0.681.